The second-order valence-corrected chi connectivity index (χ2v) is 5.50. The van der Waals surface area contributed by atoms with E-state index in [2.05, 4.69) is 40.3 Å². The van der Waals surface area contributed by atoms with Gasteiger partial charge in [-0.05, 0) is 48.6 Å². The Bertz CT molecular complexity index is 575. The number of nitrogens with one attached hydrogen (secondary N) is 1. The summed E-state index contributed by atoms with van der Waals surface area (Å²) in [5, 5.41) is 3.56. The van der Waals surface area contributed by atoms with Crippen LogP contribution in [0.1, 0.15) is 36.9 Å². The molecule has 2 aromatic heterocycles. The molecule has 4 heteroatoms. The summed E-state index contributed by atoms with van der Waals surface area (Å²) in [5.41, 5.74) is 2.22. The van der Waals surface area contributed by atoms with E-state index in [1.807, 2.05) is 0 Å². The van der Waals surface area contributed by atoms with Crippen molar-refractivity contribution in [1.82, 2.24) is 14.9 Å². The van der Waals surface area contributed by atoms with Crippen molar-refractivity contribution in [2.24, 2.45) is 5.92 Å². The molecule has 1 N–H and O–H groups in total. The molecule has 1 saturated carbocycles. The van der Waals surface area contributed by atoms with Crippen LogP contribution in [-0.4, -0.2) is 16.1 Å². The maximum Gasteiger partial charge on any atom is 0.141 e. The maximum absolute atomic E-state index is 13.1. The van der Waals surface area contributed by atoms with Crippen LogP contribution in [0.25, 0.3) is 0 Å². The summed E-state index contributed by atoms with van der Waals surface area (Å²) < 4.78 is 15.2. The van der Waals surface area contributed by atoms with Gasteiger partial charge in [0, 0.05) is 31.2 Å². The molecular weight excluding hydrogens is 253 g/mol. The molecule has 0 spiro atoms. The third-order valence-electron chi connectivity index (χ3n) is 3.78. The lowest BCUT2D eigenvalue weighted by atomic mass is 10.1. The lowest BCUT2D eigenvalue weighted by Gasteiger charge is -2.15. The summed E-state index contributed by atoms with van der Waals surface area (Å²) in [6.45, 7) is 3.79. The highest BCUT2D eigenvalue weighted by Gasteiger charge is 2.31. The summed E-state index contributed by atoms with van der Waals surface area (Å²) >= 11 is 0. The molecule has 0 bridgehead atoms. The SMILES string of the molecule is CCNC(c1ccn(Cc2cncc(F)c2)c1)C1CC1. The molecule has 0 aliphatic heterocycles. The molecule has 0 saturated heterocycles. The predicted octanol–water partition coefficient (Wildman–Crippen LogP) is 3.13. The Balaban J connectivity index is 1.72. The zero-order chi connectivity index (χ0) is 13.9. The monoisotopic (exact) mass is 273 g/mol. The van der Waals surface area contributed by atoms with E-state index in [1.54, 1.807) is 6.20 Å². The molecule has 0 aromatic carbocycles. The van der Waals surface area contributed by atoms with Crippen molar-refractivity contribution in [1.29, 1.82) is 0 Å². The molecule has 2 aromatic rings. The first-order chi connectivity index (χ1) is 9.76. The highest BCUT2D eigenvalue weighted by Crippen LogP contribution is 2.41. The summed E-state index contributed by atoms with van der Waals surface area (Å²) in [6, 6.07) is 4.17. The van der Waals surface area contributed by atoms with Gasteiger partial charge in [-0.2, -0.15) is 0 Å². The van der Waals surface area contributed by atoms with Crippen molar-refractivity contribution in [3.05, 3.63) is 53.9 Å². The van der Waals surface area contributed by atoms with Crippen molar-refractivity contribution < 1.29 is 4.39 Å². The minimum absolute atomic E-state index is 0.279. The van der Waals surface area contributed by atoms with Crippen LogP contribution >= 0.6 is 0 Å². The standard InChI is InChI=1S/C16H20FN3/c1-2-19-16(13-3-4-13)14-5-6-20(11-14)10-12-7-15(17)9-18-8-12/h5-9,11,13,16,19H,2-4,10H2,1H3. The lowest BCUT2D eigenvalue weighted by Crippen LogP contribution is -2.22. The minimum atomic E-state index is -0.279. The van der Waals surface area contributed by atoms with E-state index in [-0.39, 0.29) is 5.82 Å². The highest BCUT2D eigenvalue weighted by atomic mass is 19.1. The third kappa shape index (κ3) is 3.07. The Kier molecular flexibility index (Phi) is 3.83. The molecule has 0 amide bonds. The fourth-order valence-electron chi connectivity index (χ4n) is 2.70. The van der Waals surface area contributed by atoms with Crippen molar-refractivity contribution in [2.75, 3.05) is 6.54 Å². The molecule has 1 unspecified atom stereocenters. The molecule has 1 aliphatic carbocycles. The second kappa shape index (κ2) is 5.75. The van der Waals surface area contributed by atoms with Gasteiger partial charge in [-0.1, -0.05) is 6.92 Å². The normalized spacial score (nSPS) is 16.3. The van der Waals surface area contributed by atoms with Gasteiger partial charge in [0.05, 0.1) is 6.20 Å². The van der Waals surface area contributed by atoms with Gasteiger partial charge in [0.25, 0.3) is 0 Å². The van der Waals surface area contributed by atoms with Gasteiger partial charge in [0.15, 0.2) is 0 Å². The van der Waals surface area contributed by atoms with Crippen LogP contribution in [0.3, 0.4) is 0 Å². The maximum atomic E-state index is 13.1. The Morgan fingerprint density at radius 2 is 2.30 bits per heavy atom. The molecule has 3 nitrogen and oxygen atoms in total. The van der Waals surface area contributed by atoms with E-state index in [4.69, 9.17) is 0 Å². The van der Waals surface area contributed by atoms with Crippen molar-refractivity contribution >= 4 is 0 Å². The minimum Gasteiger partial charge on any atom is -0.350 e. The molecule has 1 atom stereocenters. The fraction of sp³-hybridized carbons (Fsp3) is 0.438. The van der Waals surface area contributed by atoms with Crippen LogP contribution in [0.15, 0.2) is 36.9 Å². The summed E-state index contributed by atoms with van der Waals surface area (Å²) in [7, 11) is 0. The Hall–Kier alpha value is -1.68. The topological polar surface area (TPSA) is 29.9 Å². The van der Waals surface area contributed by atoms with Crippen LogP contribution in [0.4, 0.5) is 4.39 Å². The smallest absolute Gasteiger partial charge is 0.141 e. The molecule has 1 fully saturated rings. The van der Waals surface area contributed by atoms with Gasteiger partial charge in [0.2, 0.25) is 0 Å². The highest BCUT2D eigenvalue weighted by molar-refractivity contribution is 5.20. The van der Waals surface area contributed by atoms with Crippen LogP contribution < -0.4 is 5.32 Å². The van der Waals surface area contributed by atoms with Gasteiger partial charge in [-0.15, -0.1) is 0 Å². The van der Waals surface area contributed by atoms with Gasteiger partial charge >= 0.3 is 0 Å². The van der Waals surface area contributed by atoms with E-state index in [0.29, 0.717) is 12.6 Å². The largest absolute Gasteiger partial charge is 0.350 e. The van der Waals surface area contributed by atoms with Crippen LogP contribution in [-0.2, 0) is 6.54 Å². The van der Waals surface area contributed by atoms with Gasteiger partial charge in [0.1, 0.15) is 5.82 Å². The number of halogens is 1. The average molecular weight is 273 g/mol. The molecular formula is C16H20FN3. The fourth-order valence-corrected chi connectivity index (χ4v) is 2.70. The first kappa shape index (κ1) is 13.3. The Morgan fingerprint density at radius 1 is 1.45 bits per heavy atom. The van der Waals surface area contributed by atoms with Gasteiger partial charge in [-0.3, -0.25) is 4.98 Å². The van der Waals surface area contributed by atoms with Crippen molar-refractivity contribution in [2.45, 2.75) is 32.4 Å². The Morgan fingerprint density at radius 3 is 3.00 bits per heavy atom. The van der Waals surface area contributed by atoms with Crippen LogP contribution in [0, 0.1) is 11.7 Å². The second-order valence-electron chi connectivity index (χ2n) is 5.50. The summed E-state index contributed by atoms with van der Waals surface area (Å²) in [4.78, 5) is 3.89. The molecule has 0 radical (unpaired) electrons. The number of pyridine rings is 1. The number of aromatic nitrogens is 2. The number of rotatable bonds is 6. The van der Waals surface area contributed by atoms with Gasteiger partial charge in [-0.25, -0.2) is 4.39 Å². The third-order valence-corrected chi connectivity index (χ3v) is 3.78. The van der Waals surface area contributed by atoms with Gasteiger partial charge < -0.3 is 9.88 Å². The van der Waals surface area contributed by atoms with E-state index in [9.17, 15) is 4.39 Å². The number of hydrogen-bond donors (Lipinski definition) is 1. The predicted molar refractivity (Wildman–Crippen MR) is 76.9 cm³/mol. The molecule has 20 heavy (non-hydrogen) atoms. The zero-order valence-corrected chi connectivity index (χ0v) is 11.7. The lowest BCUT2D eigenvalue weighted by molar-refractivity contribution is 0.495. The van der Waals surface area contributed by atoms with Crippen LogP contribution in [0.5, 0.6) is 0 Å². The van der Waals surface area contributed by atoms with E-state index >= 15 is 0 Å². The van der Waals surface area contributed by atoms with E-state index in [1.165, 1.54) is 30.7 Å². The van der Waals surface area contributed by atoms with Crippen molar-refractivity contribution in [3.8, 4) is 0 Å². The molecule has 1 aliphatic rings. The first-order valence-corrected chi connectivity index (χ1v) is 7.24. The van der Waals surface area contributed by atoms with E-state index < -0.39 is 0 Å². The summed E-state index contributed by atoms with van der Waals surface area (Å²) in [5.74, 6) is 0.500. The first-order valence-electron chi connectivity index (χ1n) is 7.24. The number of nitrogens with zero attached hydrogens (tertiary/aromatic N) is 2. The van der Waals surface area contributed by atoms with E-state index in [0.717, 1.165) is 18.0 Å². The molecule has 2 heterocycles. The quantitative estimate of drug-likeness (QED) is 0.876. The average Bonchev–Trinajstić information content (AvgIpc) is 3.16. The van der Waals surface area contributed by atoms with Crippen molar-refractivity contribution in [3.63, 3.8) is 0 Å². The number of hydrogen-bond acceptors (Lipinski definition) is 2. The summed E-state index contributed by atoms with van der Waals surface area (Å²) in [6.07, 6.45) is 9.81. The zero-order valence-electron chi connectivity index (χ0n) is 11.7. The molecule has 3 rings (SSSR count). The van der Waals surface area contributed by atoms with Crippen LogP contribution in [0.2, 0.25) is 0 Å². The molecule has 106 valence electrons. The Labute approximate surface area is 118 Å².